The molecule has 0 bridgehead atoms. The van der Waals surface area contributed by atoms with Crippen molar-refractivity contribution in [3.63, 3.8) is 0 Å². The second kappa shape index (κ2) is 17.6. The third-order valence-corrected chi connectivity index (χ3v) is 17.1. The Morgan fingerprint density at radius 3 is 1.05 bits per heavy atom. The van der Waals surface area contributed by atoms with Crippen molar-refractivity contribution in [3.8, 4) is 45.3 Å². The van der Waals surface area contributed by atoms with Gasteiger partial charge in [0.1, 0.15) is 23.0 Å². The highest BCUT2D eigenvalue weighted by Crippen LogP contribution is 2.49. The van der Waals surface area contributed by atoms with Crippen molar-refractivity contribution in [3.05, 3.63) is 255 Å². The molecular formula is C66H42B2N2O2S2. The van der Waals surface area contributed by atoms with E-state index in [4.69, 9.17) is 9.47 Å². The molecule has 4 aliphatic rings. The number of ether oxygens (including phenoxy) is 2. The van der Waals surface area contributed by atoms with Gasteiger partial charge in [-0.3, -0.25) is 0 Å². The Bertz CT molecular complexity index is 3720. The van der Waals surface area contributed by atoms with Gasteiger partial charge in [0, 0.05) is 65.8 Å². The number of para-hydroxylation sites is 4. The highest BCUT2D eigenvalue weighted by atomic mass is 32.2. The zero-order chi connectivity index (χ0) is 48.7. The summed E-state index contributed by atoms with van der Waals surface area (Å²) in [6, 6.07) is 91.8. The third kappa shape index (κ3) is 7.20. The minimum atomic E-state index is -0.0519. The average molecular weight is 981 g/mol. The van der Waals surface area contributed by atoms with Crippen molar-refractivity contribution in [1.29, 1.82) is 0 Å². The van der Waals surface area contributed by atoms with Gasteiger partial charge in [-0.15, -0.1) is 0 Å². The number of benzene rings is 11. The van der Waals surface area contributed by atoms with Gasteiger partial charge in [0.05, 0.1) is 0 Å². The van der Waals surface area contributed by atoms with Crippen LogP contribution in [0.25, 0.3) is 22.3 Å². The first-order valence-electron chi connectivity index (χ1n) is 25.1. The summed E-state index contributed by atoms with van der Waals surface area (Å²) in [5.41, 5.74) is 19.3. The monoisotopic (exact) mass is 980 g/mol. The number of fused-ring (bicyclic) bond motifs is 8. The van der Waals surface area contributed by atoms with Crippen LogP contribution in [0.15, 0.2) is 274 Å². The molecule has 11 aromatic rings. The molecule has 0 saturated heterocycles. The van der Waals surface area contributed by atoms with Crippen molar-refractivity contribution in [2.75, 3.05) is 9.80 Å². The highest BCUT2D eigenvalue weighted by molar-refractivity contribution is 8.01. The van der Waals surface area contributed by atoms with Crippen molar-refractivity contribution >= 4 is 104 Å². The van der Waals surface area contributed by atoms with Crippen LogP contribution in [0.3, 0.4) is 0 Å². The van der Waals surface area contributed by atoms with Crippen LogP contribution in [0.4, 0.5) is 34.1 Å². The number of hydrogen-bond donors (Lipinski definition) is 0. The maximum atomic E-state index is 6.78. The summed E-state index contributed by atoms with van der Waals surface area (Å²) in [6.07, 6.45) is 0. The van der Waals surface area contributed by atoms with Crippen LogP contribution in [0, 0.1) is 0 Å². The Kier molecular flexibility index (Phi) is 10.2. The molecule has 0 radical (unpaired) electrons. The minimum Gasteiger partial charge on any atom is -0.457 e. The summed E-state index contributed by atoms with van der Waals surface area (Å²) in [6.45, 7) is -0.104. The molecule has 0 N–H and O–H groups in total. The van der Waals surface area contributed by atoms with Gasteiger partial charge in [0.25, 0.3) is 0 Å². The van der Waals surface area contributed by atoms with E-state index in [-0.39, 0.29) is 13.4 Å². The van der Waals surface area contributed by atoms with E-state index in [1.807, 2.05) is 84.2 Å². The molecule has 4 aliphatic heterocycles. The Hall–Kier alpha value is -8.55. The van der Waals surface area contributed by atoms with Gasteiger partial charge in [-0.25, -0.2) is 0 Å². The van der Waals surface area contributed by atoms with E-state index in [0.29, 0.717) is 0 Å². The lowest BCUT2D eigenvalue weighted by Gasteiger charge is -2.42. The topological polar surface area (TPSA) is 24.9 Å². The fourth-order valence-electron chi connectivity index (χ4n) is 11.6. The Labute approximate surface area is 440 Å². The predicted molar refractivity (Wildman–Crippen MR) is 310 cm³/mol. The molecule has 0 spiro atoms. The van der Waals surface area contributed by atoms with Crippen LogP contribution in [0.2, 0.25) is 0 Å². The summed E-state index contributed by atoms with van der Waals surface area (Å²) >= 11 is 3.72. The predicted octanol–water partition coefficient (Wildman–Crippen LogP) is 14.1. The third-order valence-electron chi connectivity index (χ3n) is 14.8. The van der Waals surface area contributed by atoms with E-state index in [2.05, 4.69) is 204 Å². The van der Waals surface area contributed by atoms with Gasteiger partial charge < -0.3 is 19.3 Å². The second-order valence-corrected chi connectivity index (χ2v) is 21.3. The zero-order valence-corrected chi connectivity index (χ0v) is 41.6. The van der Waals surface area contributed by atoms with Crippen molar-refractivity contribution < 1.29 is 9.47 Å². The van der Waals surface area contributed by atoms with Crippen molar-refractivity contribution in [2.45, 2.75) is 19.6 Å². The summed E-state index contributed by atoms with van der Waals surface area (Å²) in [7, 11) is 0. The molecule has 15 rings (SSSR count). The van der Waals surface area contributed by atoms with Crippen molar-refractivity contribution in [1.82, 2.24) is 0 Å². The normalized spacial score (nSPS) is 13.2. The number of hydrogen-bond acceptors (Lipinski definition) is 6. The van der Waals surface area contributed by atoms with Crippen molar-refractivity contribution in [2.24, 2.45) is 0 Å². The van der Waals surface area contributed by atoms with Crippen LogP contribution in [0.1, 0.15) is 0 Å². The molecule has 11 aromatic carbocycles. The Morgan fingerprint density at radius 1 is 0.270 bits per heavy atom. The molecule has 74 heavy (non-hydrogen) atoms. The quantitative estimate of drug-likeness (QED) is 0.141. The number of anilines is 6. The summed E-state index contributed by atoms with van der Waals surface area (Å²) < 4.78 is 13.6. The molecule has 4 heterocycles. The second-order valence-electron chi connectivity index (χ2n) is 19.2. The minimum absolute atomic E-state index is 0.0519. The van der Waals surface area contributed by atoms with Crippen LogP contribution >= 0.6 is 23.5 Å². The standard InChI is InChI=1S/C66H42B2N2O2S2/c1-7-19-43(20-8-1)45-31-33-53-57(35-45)69(47-23-11-3-12-24-47)59-37-51(71-49-27-15-5-16-28-49)39-63-65(59)67(53)55-41-56-62(42-61(55)73-63)74-64-40-52(72-50-29-17-6-18-30-50)38-60-66(64)68(56)54-34-32-46(44-21-9-2-10-22-44)36-58(54)70(60)48-25-13-4-14-26-48/h1-42H. The van der Waals surface area contributed by atoms with Gasteiger partial charge in [-0.1, -0.05) is 198 Å². The van der Waals surface area contributed by atoms with Gasteiger partial charge in [-0.2, -0.15) is 0 Å². The zero-order valence-electron chi connectivity index (χ0n) is 39.9. The SMILES string of the molecule is c1ccc(Oc2cc3c4c(c2)N(c2ccccc2)c2cc(-c5ccccc5)ccc2B4c2cc4c(cc2S3)Sc2cc(Oc3ccccc3)cc3c2B4c2ccc(-c4ccccc4)cc2N3c2ccccc2)cc1. The first-order valence-corrected chi connectivity index (χ1v) is 26.7. The lowest BCUT2D eigenvalue weighted by Crippen LogP contribution is -2.63. The smallest absolute Gasteiger partial charge is 0.249 e. The molecule has 0 atom stereocenters. The van der Waals surface area contributed by atoms with Gasteiger partial charge in [0.2, 0.25) is 13.4 Å². The lowest BCUT2D eigenvalue weighted by atomic mass is 9.31. The van der Waals surface area contributed by atoms with E-state index in [1.54, 1.807) is 0 Å². The van der Waals surface area contributed by atoms with E-state index < -0.39 is 0 Å². The fraction of sp³-hybridized carbons (Fsp3) is 0. The summed E-state index contributed by atoms with van der Waals surface area (Å²) in [5, 5.41) is 0. The average Bonchev–Trinajstić information content (AvgIpc) is 3.49. The number of rotatable bonds is 8. The maximum absolute atomic E-state index is 6.78. The first-order chi connectivity index (χ1) is 36.7. The summed E-state index contributed by atoms with van der Waals surface area (Å²) in [4.78, 5) is 9.83. The molecule has 4 nitrogen and oxygen atoms in total. The first kappa shape index (κ1) is 43.1. The maximum Gasteiger partial charge on any atom is 0.249 e. The highest BCUT2D eigenvalue weighted by Gasteiger charge is 2.46. The molecule has 0 fully saturated rings. The van der Waals surface area contributed by atoms with Crippen LogP contribution < -0.4 is 52.1 Å². The molecule has 0 amide bonds. The molecule has 346 valence electrons. The Balaban J connectivity index is 0.970. The largest absolute Gasteiger partial charge is 0.457 e. The van der Waals surface area contributed by atoms with Crippen LogP contribution in [-0.2, 0) is 0 Å². The summed E-state index contributed by atoms with van der Waals surface area (Å²) in [5.74, 6) is 3.22. The van der Waals surface area contributed by atoms with E-state index >= 15 is 0 Å². The van der Waals surface area contributed by atoms with E-state index in [1.165, 1.54) is 74.6 Å². The molecule has 0 aliphatic carbocycles. The van der Waals surface area contributed by atoms with E-state index in [9.17, 15) is 0 Å². The molecule has 0 aromatic heterocycles. The van der Waals surface area contributed by atoms with Gasteiger partial charge in [-0.05, 0) is 123 Å². The molecule has 0 saturated carbocycles. The molecule has 8 heteroatoms. The van der Waals surface area contributed by atoms with Gasteiger partial charge >= 0.3 is 0 Å². The Morgan fingerprint density at radius 2 is 0.649 bits per heavy atom. The number of nitrogens with zero attached hydrogens (tertiary/aromatic N) is 2. The van der Waals surface area contributed by atoms with Gasteiger partial charge in [0.15, 0.2) is 0 Å². The van der Waals surface area contributed by atoms with E-state index in [0.717, 1.165) is 57.1 Å². The van der Waals surface area contributed by atoms with Crippen LogP contribution in [0.5, 0.6) is 23.0 Å². The molecule has 0 unspecified atom stereocenters. The fourth-order valence-corrected chi connectivity index (χ4v) is 14.1. The van der Waals surface area contributed by atoms with Crippen LogP contribution in [-0.4, -0.2) is 13.4 Å². The molecular weight excluding hydrogens is 938 g/mol. The lowest BCUT2D eigenvalue weighted by molar-refractivity contribution is 0.481.